The van der Waals surface area contributed by atoms with Crippen molar-refractivity contribution in [2.24, 2.45) is 4.99 Å². The second kappa shape index (κ2) is 12.6. The van der Waals surface area contributed by atoms with Crippen molar-refractivity contribution >= 4 is 17.7 Å². The summed E-state index contributed by atoms with van der Waals surface area (Å²) in [5, 5.41) is 7.28. The Kier molecular flexibility index (Phi) is 9.54. The average Bonchev–Trinajstić information content (AvgIpc) is 2.79. The van der Waals surface area contributed by atoms with E-state index in [1.807, 2.05) is 24.9 Å². The summed E-state index contributed by atoms with van der Waals surface area (Å²) in [6, 6.07) is 19.0. The monoisotopic (exact) mass is 427 g/mol. The van der Waals surface area contributed by atoms with Crippen LogP contribution < -0.4 is 10.6 Å². The lowest BCUT2D eigenvalue weighted by Gasteiger charge is -2.22. The van der Waals surface area contributed by atoms with Crippen LogP contribution in [0.1, 0.15) is 30.9 Å². The molecule has 30 heavy (non-hydrogen) atoms. The molecule has 2 N–H and O–H groups in total. The average molecular weight is 428 g/mol. The molecule has 6 heteroatoms. The summed E-state index contributed by atoms with van der Waals surface area (Å²) in [4.78, 5) is 5.64. The first-order valence-electron chi connectivity index (χ1n) is 10.7. The van der Waals surface area contributed by atoms with Gasteiger partial charge in [0.25, 0.3) is 0 Å². The Morgan fingerprint density at radius 1 is 1.10 bits per heavy atom. The van der Waals surface area contributed by atoms with Crippen LogP contribution in [0.2, 0.25) is 0 Å². The Bertz CT molecular complexity index is 779. The van der Waals surface area contributed by atoms with Crippen molar-refractivity contribution in [3.05, 3.63) is 65.7 Å². The molecular formula is C24H33N3O2S. The van der Waals surface area contributed by atoms with Gasteiger partial charge < -0.3 is 20.1 Å². The SMILES string of the molecule is CN=C(NCc1cccc(COC2CCOCC2)c1)NCC(C)Sc1ccccc1. The van der Waals surface area contributed by atoms with Crippen LogP contribution in [0.4, 0.5) is 0 Å². The summed E-state index contributed by atoms with van der Waals surface area (Å²) < 4.78 is 11.4. The molecule has 1 aliphatic heterocycles. The zero-order valence-corrected chi connectivity index (χ0v) is 18.8. The third-order valence-corrected chi connectivity index (χ3v) is 6.08. The first-order chi connectivity index (χ1) is 14.7. The highest BCUT2D eigenvalue weighted by Gasteiger charge is 2.14. The van der Waals surface area contributed by atoms with Crippen LogP contribution in [0.25, 0.3) is 0 Å². The molecule has 0 radical (unpaired) electrons. The molecule has 1 aliphatic rings. The largest absolute Gasteiger partial charge is 0.381 e. The summed E-state index contributed by atoms with van der Waals surface area (Å²) in [6.07, 6.45) is 2.30. The van der Waals surface area contributed by atoms with Gasteiger partial charge in [-0.1, -0.05) is 49.4 Å². The van der Waals surface area contributed by atoms with Gasteiger partial charge in [-0.15, -0.1) is 11.8 Å². The first kappa shape index (κ1) is 22.7. The number of nitrogens with zero attached hydrogens (tertiary/aromatic N) is 1. The van der Waals surface area contributed by atoms with Gasteiger partial charge in [0.15, 0.2) is 5.96 Å². The van der Waals surface area contributed by atoms with E-state index in [4.69, 9.17) is 9.47 Å². The Morgan fingerprint density at radius 3 is 2.63 bits per heavy atom. The van der Waals surface area contributed by atoms with Crippen LogP contribution in [-0.2, 0) is 22.6 Å². The van der Waals surface area contributed by atoms with E-state index in [1.54, 1.807) is 0 Å². The third kappa shape index (κ3) is 8.01. The van der Waals surface area contributed by atoms with Gasteiger partial charge >= 0.3 is 0 Å². The molecule has 0 spiro atoms. The molecule has 2 aromatic carbocycles. The van der Waals surface area contributed by atoms with E-state index in [0.717, 1.165) is 45.1 Å². The van der Waals surface area contributed by atoms with E-state index in [0.29, 0.717) is 18.0 Å². The molecule has 0 saturated carbocycles. The normalized spacial score (nSPS) is 16.3. The minimum atomic E-state index is 0.319. The smallest absolute Gasteiger partial charge is 0.191 e. The molecule has 0 aromatic heterocycles. The van der Waals surface area contributed by atoms with Gasteiger partial charge in [0, 0.05) is 43.5 Å². The van der Waals surface area contributed by atoms with Gasteiger partial charge in [0.05, 0.1) is 12.7 Å². The Balaban J connectivity index is 1.40. The number of hydrogen-bond acceptors (Lipinski definition) is 4. The Labute approximate surface area is 184 Å². The second-order valence-electron chi connectivity index (χ2n) is 7.49. The number of benzene rings is 2. The maximum Gasteiger partial charge on any atom is 0.191 e. The molecule has 5 nitrogen and oxygen atoms in total. The number of nitrogens with one attached hydrogen (secondary N) is 2. The number of thioether (sulfide) groups is 1. The van der Waals surface area contributed by atoms with E-state index in [2.05, 4.69) is 71.1 Å². The molecule has 2 aromatic rings. The molecule has 1 fully saturated rings. The predicted molar refractivity (Wildman–Crippen MR) is 125 cm³/mol. The zero-order valence-electron chi connectivity index (χ0n) is 18.0. The highest BCUT2D eigenvalue weighted by Crippen LogP contribution is 2.21. The molecule has 3 rings (SSSR count). The maximum atomic E-state index is 6.05. The fourth-order valence-electron chi connectivity index (χ4n) is 3.31. The van der Waals surface area contributed by atoms with Crippen molar-refractivity contribution < 1.29 is 9.47 Å². The number of rotatable bonds is 9. The van der Waals surface area contributed by atoms with Crippen LogP contribution in [0.5, 0.6) is 0 Å². The molecule has 0 amide bonds. The maximum absolute atomic E-state index is 6.05. The third-order valence-electron chi connectivity index (χ3n) is 4.97. The molecule has 1 heterocycles. The quantitative estimate of drug-likeness (QED) is 0.356. The lowest BCUT2D eigenvalue weighted by Crippen LogP contribution is -2.39. The van der Waals surface area contributed by atoms with E-state index in [-0.39, 0.29) is 0 Å². The highest BCUT2D eigenvalue weighted by molar-refractivity contribution is 8.00. The van der Waals surface area contributed by atoms with Gasteiger partial charge in [-0.2, -0.15) is 0 Å². The Morgan fingerprint density at radius 2 is 1.87 bits per heavy atom. The van der Waals surface area contributed by atoms with Crippen LogP contribution in [0, 0.1) is 0 Å². The van der Waals surface area contributed by atoms with Crippen LogP contribution in [0.3, 0.4) is 0 Å². The lowest BCUT2D eigenvalue weighted by atomic mass is 10.1. The number of ether oxygens (including phenoxy) is 2. The molecule has 1 saturated heterocycles. The summed E-state index contributed by atoms with van der Waals surface area (Å²) in [5.74, 6) is 0.819. The fourth-order valence-corrected chi connectivity index (χ4v) is 4.25. The van der Waals surface area contributed by atoms with Gasteiger partial charge in [-0.05, 0) is 36.1 Å². The molecule has 0 aliphatic carbocycles. The summed E-state index contributed by atoms with van der Waals surface area (Å²) in [5.41, 5.74) is 2.43. The van der Waals surface area contributed by atoms with Gasteiger partial charge in [-0.3, -0.25) is 4.99 Å². The predicted octanol–water partition coefficient (Wildman–Crippen LogP) is 4.23. The molecular weight excluding hydrogens is 394 g/mol. The zero-order chi connectivity index (χ0) is 21.0. The van der Waals surface area contributed by atoms with E-state index >= 15 is 0 Å². The van der Waals surface area contributed by atoms with Crippen molar-refractivity contribution in [3.8, 4) is 0 Å². The van der Waals surface area contributed by atoms with Crippen LogP contribution >= 0.6 is 11.8 Å². The topological polar surface area (TPSA) is 54.9 Å². The lowest BCUT2D eigenvalue weighted by molar-refractivity contribution is -0.0390. The van der Waals surface area contributed by atoms with Crippen molar-refractivity contribution in [3.63, 3.8) is 0 Å². The van der Waals surface area contributed by atoms with E-state index in [9.17, 15) is 0 Å². The standard InChI is InChI=1S/C24H33N3O2S/c1-19(30-23-9-4-3-5-10-23)16-26-24(25-2)27-17-20-7-6-8-21(15-20)18-29-22-11-13-28-14-12-22/h3-10,15,19,22H,11-14,16-18H2,1-2H3,(H2,25,26,27). The van der Waals surface area contributed by atoms with Crippen molar-refractivity contribution in [2.45, 2.75) is 49.2 Å². The highest BCUT2D eigenvalue weighted by atomic mass is 32.2. The summed E-state index contributed by atoms with van der Waals surface area (Å²) in [7, 11) is 1.81. The Hall–Kier alpha value is -2.02. The number of aliphatic imine (C=N–C) groups is 1. The van der Waals surface area contributed by atoms with Crippen LogP contribution in [-0.4, -0.2) is 44.1 Å². The number of guanidine groups is 1. The van der Waals surface area contributed by atoms with Crippen LogP contribution in [0.15, 0.2) is 64.5 Å². The van der Waals surface area contributed by atoms with E-state index < -0.39 is 0 Å². The van der Waals surface area contributed by atoms with E-state index in [1.165, 1.54) is 16.0 Å². The second-order valence-corrected chi connectivity index (χ2v) is 9.00. The summed E-state index contributed by atoms with van der Waals surface area (Å²) >= 11 is 1.86. The van der Waals surface area contributed by atoms with Gasteiger partial charge in [-0.25, -0.2) is 0 Å². The molecule has 0 bridgehead atoms. The number of hydrogen-bond donors (Lipinski definition) is 2. The van der Waals surface area contributed by atoms with Crippen molar-refractivity contribution in [1.82, 2.24) is 10.6 Å². The van der Waals surface area contributed by atoms with Crippen molar-refractivity contribution in [1.29, 1.82) is 0 Å². The van der Waals surface area contributed by atoms with Gasteiger partial charge in [0.1, 0.15) is 0 Å². The minimum absolute atomic E-state index is 0.319. The molecule has 1 unspecified atom stereocenters. The van der Waals surface area contributed by atoms with Crippen molar-refractivity contribution in [2.75, 3.05) is 26.8 Å². The summed E-state index contributed by atoms with van der Waals surface area (Å²) in [6.45, 7) is 6.06. The molecule has 1 atom stereocenters. The molecule has 162 valence electrons. The minimum Gasteiger partial charge on any atom is -0.381 e. The fraction of sp³-hybridized carbons (Fsp3) is 0.458. The first-order valence-corrected chi connectivity index (χ1v) is 11.5. The van der Waals surface area contributed by atoms with Gasteiger partial charge in [0.2, 0.25) is 0 Å².